The zero-order valence-electron chi connectivity index (χ0n) is 17.5. The average molecular weight is 428 g/mol. The summed E-state index contributed by atoms with van der Waals surface area (Å²) in [5.41, 5.74) is 15.2. The molecule has 0 fully saturated rings. The number of anilines is 2. The van der Waals surface area contributed by atoms with Crippen LogP contribution < -0.4 is 16.8 Å². The van der Waals surface area contributed by atoms with Gasteiger partial charge in [-0.3, -0.25) is 4.79 Å². The molecule has 7 heteroatoms. The summed E-state index contributed by atoms with van der Waals surface area (Å²) in [5, 5.41) is 14.8. The molecule has 32 heavy (non-hydrogen) atoms. The largest absolute Gasteiger partial charge is 0.480 e. The molecule has 0 aliphatic carbocycles. The SMILES string of the molecule is Nc1nc(NCCc2ccc3ccccc3c2)cc(-c2ccc(C[C@H](N)C(=O)O)cc2)n1. The lowest BCUT2D eigenvalue weighted by atomic mass is 10.0. The van der Waals surface area contributed by atoms with Crippen molar-refractivity contribution in [2.75, 3.05) is 17.6 Å². The van der Waals surface area contributed by atoms with Gasteiger partial charge in [-0.1, -0.05) is 66.7 Å². The summed E-state index contributed by atoms with van der Waals surface area (Å²) in [5.74, 6) is -0.171. The number of nitrogens with two attached hydrogens (primary N) is 2. The average Bonchev–Trinajstić information content (AvgIpc) is 2.79. The normalized spacial score (nSPS) is 11.9. The maximum atomic E-state index is 10.9. The molecule has 1 atom stereocenters. The van der Waals surface area contributed by atoms with Gasteiger partial charge in [0.05, 0.1) is 5.69 Å². The molecule has 0 bridgehead atoms. The summed E-state index contributed by atoms with van der Waals surface area (Å²) in [7, 11) is 0. The second-order valence-corrected chi connectivity index (χ2v) is 7.70. The first kappa shape index (κ1) is 21.3. The first-order valence-corrected chi connectivity index (χ1v) is 10.4. The molecule has 3 aromatic carbocycles. The molecule has 4 rings (SSSR count). The number of aliphatic carboxylic acids is 1. The summed E-state index contributed by atoms with van der Waals surface area (Å²) in [6.45, 7) is 0.709. The van der Waals surface area contributed by atoms with E-state index in [2.05, 4.69) is 45.6 Å². The Morgan fingerprint density at radius 3 is 2.41 bits per heavy atom. The molecule has 0 amide bonds. The third-order valence-corrected chi connectivity index (χ3v) is 5.30. The van der Waals surface area contributed by atoms with Crippen LogP contribution in [0.5, 0.6) is 0 Å². The van der Waals surface area contributed by atoms with Crippen LogP contribution in [0.3, 0.4) is 0 Å². The van der Waals surface area contributed by atoms with Crippen LogP contribution in [0.2, 0.25) is 0 Å². The number of carbonyl (C=O) groups is 1. The number of nitrogens with one attached hydrogen (secondary N) is 1. The molecular formula is C25H25N5O2. The van der Waals surface area contributed by atoms with Crippen LogP contribution in [-0.2, 0) is 17.6 Å². The summed E-state index contributed by atoms with van der Waals surface area (Å²) in [4.78, 5) is 19.6. The smallest absolute Gasteiger partial charge is 0.320 e. The highest BCUT2D eigenvalue weighted by Gasteiger charge is 2.12. The molecular weight excluding hydrogens is 402 g/mol. The molecule has 0 aliphatic rings. The number of rotatable bonds is 8. The third kappa shape index (κ3) is 5.19. The van der Waals surface area contributed by atoms with Crippen LogP contribution in [0, 0.1) is 0 Å². The van der Waals surface area contributed by atoms with Crippen LogP contribution in [0.25, 0.3) is 22.0 Å². The van der Waals surface area contributed by atoms with Gasteiger partial charge in [0.15, 0.2) is 0 Å². The Balaban J connectivity index is 1.42. The van der Waals surface area contributed by atoms with Crippen molar-refractivity contribution in [3.63, 3.8) is 0 Å². The van der Waals surface area contributed by atoms with E-state index in [1.807, 2.05) is 42.5 Å². The number of benzene rings is 3. The van der Waals surface area contributed by atoms with Crippen LogP contribution in [0.15, 0.2) is 72.8 Å². The van der Waals surface area contributed by atoms with Crippen molar-refractivity contribution in [3.8, 4) is 11.3 Å². The Morgan fingerprint density at radius 1 is 0.938 bits per heavy atom. The van der Waals surface area contributed by atoms with Crippen LogP contribution in [-0.4, -0.2) is 33.6 Å². The fourth-order valence-electron chi connectivity index (χ4n) is 3.59. The highest BCUT2D eigenvalue weighted by atomic mass is 16.4. The maximum absolute atomic E-state index is 10.9. The summed E-state index contributed by atoms with van der Waals surface area (Å²) in [6.07, 6.45) is 1.12. The maximum Gasteiger partial charge on any atom is 0.320 e. The highest BCUT2D eigenvalue weighted by Crippen LogP contribution is 2.22. The molecule has 162 valence electrons. The van der Waals surface area contributed by atoms with E-state index in [0.717, 1.165) is 17.5 Å². The van der Waals surface area contributed by atoms with Gasteiger partial charge in [0.25, 0.3) is 0 Å². The molecule has 0 unspecified atom stereocenters. The Morgan fingerprint density at radius 2 is 1.66 bits per heavy atom. The number of hydrogen-bond donors (Lipinski definition) is 4. The second kappa shape index (κ2) is 9.45. The summed E-state index contributed by atoms with van der Waals surface area (Å²) >= 11 is 0. The van der Waals surface area contributed by atoms with E-state index in [0.29, 0.717) is 18.1 Å². The number of carboxylic acids is 1. The zero-order valence-corrected chi connectivity index (χ0v) is 17.5. The number of fused-ring (bicyclic) bond motifs is 1. The van der Waals surface area contributed by atoms with Gasteiger partial charge in [0.1, 0.15) is 11.9 Å². The first-order chi connectivity index (χ1) is 15.5. The van der Waals surface area contributed by atoms with Crippen LogP contribution >= 0.6 is 0 Å². The minimum Gasteiger partial charge on any atom is -0.480 e. The minimum atomic E-state index is -1.02. The van der Waals surface area contributed by atoms with Crippen molar-refractivity contribution in [3.05, 3.63) is 83.9 Å². The van der Waals surface area contributed by atoms with Crippen molar-refractivity contribution in [1.82, 2.24) is 9.97 Å². The lowest BCUT2D eigenvalue weighted by Gasteiger charge is -2.10. The van der Waals surface area contributed by atoms with Crippen molar-refractivity contribution in [1.29, 1.82) is 0 Å². The second-order valence-electron chi connectivity index (χ2n) is 7.70. The van der Waals surface area contributed by atoms with Gasteiger partial charge in [-0.25, -0.2) is 4.98 Å². The van der Waals surface area contributed by atoms with Gasteiger partial charge in [-0.2, -0.15) is 4.98 Å². The summed E-state index contributed by atoms with van der Waals surface area (Å²) < 4.78 is 0. The van der Waals surface area contributed by atoms with Crippen molar-refractivity contribution in [2.45, 2.75) is 18.9 Å². The van der Waals surface area contributed by atoms with E-state index < -0.39 is 12.0 Å². The molecule has 1 heterocycles. The van der Waals surface area contributed by atoms with E-state index >= 15 is 0 Å². The molecule has 7 nitrogen and oxygen atoms in total. The van der Waals surface area contributed by atoms with Crippen molar-refractivity contribution >= 4 is 28.5 Å². The molecule has 0 saturated heterocycles. The van der Waals surface area contributed by atoms with E-state index in [-0.39, 0.29) is 12.4 Å². The minimum absolute atomic E-state index is 0.188. The predicted octanol–water partition coefficient (Wildman–Crippen LogP) is 3.49. The molecule has 0 saturated carbocycles. The molecule has 0 aliphatic heterocycles. The van der Waals surface area contributed by atoms with Crippen molar-refractivity contribution in [2.24, 2.45) is 5.73 Å². The molecule has 0 radical (unpaired) electrons. The first-order valence-electron chi connectivity index (χ1n) is 10.4. The lowest BCUT2D eigenvalue weighted by Crippen LogP contribution is -2.32. The lowest BCUT2D eigenvalue weighted by molar-refractivity contribution is -0.138. The summed E-state index contributed by atoms with van der Waals surface area (Å²) in [6, 6.07) is 23.2. The molecule has 6 N–H and O–H groups in total. The molecule has 1 aromatic heterocycles. The fraction of sp³-hybridized carbons (Fsp3) is 0.160. The highest BCUT2D eigenvalue weighted by molar-refractivity contribution is 5.83. The van der Waals surface area contributed by atoms with Gasteiger partial charge in [-0.15, -0.1) is 0 Å². The van der Waals surface area contributed by atoms with E-state index in [4.69, 9.17) is 16.6 Å². The Bertz CT molecular complexity index is 1240. The van der Waals surface area contributed by atoms with E-state index in [9.17, 15) is 4.79 Å². The van der Waals surface area contributed by atoms with Gasteiger partial charge in [0, 0.05) is 18.2 Å². The number of aromatic nitrogens is 2. The van der Waals surface area contributed by atoms with Gasteiger partial charge < -0.3 is 21.9 Å². The van der Waals surface area contributed by atoms with Gasteiger partial charge in [-0.05, 0) is 34.7 Å². The zero-order chi connectivity index (χ0) is 22.5. The fourth-order valence-corrected chi connectivity index (χ4v) is 3.59. The number of carboxylic acid groups (broad SMARTS) is 1. The Hall–Kier alpha value is -3.97. The molecule has 0 spiro atoms. The number of hydrogen-bond acceptors (Lipinski definition) is 6. The van der Waals surface area contributed by atoms with E-state index in [1.165, 1.54) is 16.3 Å². The Labute approximate surface area is 186 Å². The Kier molecular flexibility index (Phi) is 6.28. The quantitative estimate of drug-likeness (QED) is 0.339. The third-order valence-electron chi connectivity index (χ3n) is 5.30. The van der Waals surface area contributed by atoms with Gasteiger partial charge in [0.2, 0.25) is 5.95 Å². The number of nitrogens with zero attached hydrogens (tertiary/aromatic N) is 2. The predicted molar refractivity (Wildman–Crippen MR) is 127 cm³/mol. The van der Waals surface area contributed by atoms with E-state index in [1.54, 1.807) is 0 Å². The topological polar surface area (TPSA) is 127 Å². The number of nitrogen functional groups attached to an aromatic ring is 1. The van der Waals surface area contributed by atoms with Gasteiger partial charge >= 0.3 is 5.97 Å². The van der Waals surface area contributed by atoms with Crippen LogP contribution in [0.1, 0.15) is 11.1 Å². The monoisotopic (exact) mass is 427 g/mol. The van der Waals surface area contributed by atoms with Crippen LogP contribution in [0.4, 0.5) is 11.8 Å². The standard InChI is InChI=1S/C25H25N5O2/c26-21(24(31)32)14-16-6-9-19(10-7-16)22-15-23(30-25(27)29-22)28-12-11-17-5-8-18-3-1-2-4-20(18)13-17/h1-10,13,15,21H,11-12,14,26H2,(H,31,32)(H3,27,28,29,30)/t21-/m0/s1. The molecule has 4 aromatic rings. The van der Waals surface area contributed by atoms with Crippen molar-refractivity contribution < 1.29 is 9.90 Å².